The standard InChI is InChI=1S/C24H22N4O5/c1-32-20-13-16(8-10-19(20)33-15-21(25)29)9-11-23(30)27-18-6-4-5-17(14-18)24(31)28-22-7-2-3-12-26-22/h2-14H,15H2,1H3,(H2,25,29)(H,27,30)(H,26,28,31)/b11-9+. The Balaban J connectivity index is 1.63. The zero-order valence-electron chi connectivity index (χ0n) is 17.8. The Morgan fingerprint density at radius 3 is 2.58 bits per heavy atom. The van der Waals surface area contributed by atoms with Gasteiger partial charge in [-0.05, 0) is 54.1 Å². The lowest BCUT2D eigenvalue weighted by atomic mass is 10.1. The van der Waals surface area contributed by atoms with Gasteiger partial charge in [0.05, 0.1) is 7.11 Å². The Labute approximate surface area is 190 Å². The number of anilines is 2. The molecule has 0 saturated carbocycles. The second-order valence-corrected chi connectivity index (χ2v) is 6.74. The summed E-state index contributed by atoms with van der Waals surface area (Å²) in [5.74, 6) is -0.141. The van der Waals surface area contributed by atoms with E-state index in [1.165, 1.54) is 13.2 Å². The van der Waals surface area contributed by atoms with Gasteiger partial charge in [-0.25, -0.2) is 4.98 Å². The van der Waals surface area contributed by atoms with Crippen molar-refractivity contribution in [3.05, 3.63) is 84.1 Å². The van der Waals surface area contributed by atoms with Crippen molar-refractivity contribution in [2.75, 3.05) is 24.4 Å². The maximum atomic E-state index is 12.4. The number of nitrogens with zero attached hydrogens (tertiary/aromatic N) is 1. The molecule has 0 fully saturated rings. The van der Waals surface area contributed by atoms with Crippen LogP contribution in [-0.2, 0) is 9.59 Å². The molecule has 0 aliphatic carbocycles. The molecule has 0 aliphatic heterocycles. The molecule has 0 aliphatic rings. The first kappa shape index (κ1) is 23.0. The normalized spacial score (nSPS) is 10.5. The van der Waals surface area contributed by atoms with Crippen LogP contribution in [-0.4, -0.2) is 36.4 Å². The molecule has 4 N–H and O–H groups in total. The highest BCUT2D eigenvalue weighted by Gasteiger charge is 2.09. The van der Waals surface area contributed by atoms with E-state index in [-0.39, 0.29) is 18.4 Å². The van der Waals surface area contributed by atoms with Gasteiger partial charge in [0.15, 0.2) is 18.1 Å². The van der Waals surface area contributed by atoms with E-state index < -0.39 is 5.91 Å². The number of amides is 3. The highest BCUT2D eigenvalue weighted by molar-refractivity contribution is 6.06. The minimum atomic E-state index is -0.601. The van der Waals surface area contributed by atoms with Gasteiger partial charge in [0.25, 0.3) is 11.8 Å². The first-order chi connectivity index (χ1) is 15.9. The maximum Gasteiger partial charge on any atom is 0.256 e. The molecular formula is C24H22N4O5. The number of benzene rings is 2. The van der Waals surface area contributed by atoms with Crippen LogP contribution >= 0.6 is 0 Å². The van der Waals surface area contributed by atoms with Gasteiger partial charge >= 0.3 is 0 Å². The number of carbonyl (C=O) groups excluding carboxylic acids is 3. The zero-order valence-corrected chi connectivity index (χ0v) is 17.8. The quantitative estimate of drug-likeness (QED) is 0.433. The van der Waals surface area contributed by atoms with Crippen molar-refractivity contribution >= 4 is 35.3 Å². The van der Waals surface area contributed by atoms with E-state index in [0.29, 0.717) is 34.1 Å². The topological polar surface area (TPSA) is 133 Å². The van der Waals surface area contributed by atoms with Crippen molar-refractivity contribution in [2.24, 2.45) is 5.73 Å². The van der Waals surface area contributed by atoms with E-state index in [9.17, 15) is 14.4 Å². The second kappa shape index (κ2) is 11.1. The summed E-state index contributed by atoms with van der Waals surface area (Å²) in [6.45, 7) is -0.271. The molecule has 0 atom stereocenters. The van der Waals surface area contributed by atoms with Gasteiger partial charge in [-0.1, -0.05) is 18.2 Å². The molecule has 1 aromatic heterocycles. The summed E-state index contributed by atoms with van der Waals surface area (Å²) in [5, 5.41) is 5.41. The molecule has 9 nitrogen and oxygen atoms in total. The van der Waals surface area contributed by atoms with Crippen LogP contribution in [0.1, 0.15) is 15.9 Å². The van der Waals surface area contributed by atoms with Gasteiger partial charge < -0.3 is 25.8 Å². The van der Waals surface area contributed by atoms with E-state index in [1.807, 2.05) is 0 Å². The van der Waals surface area contributed by atoms with E-state index in [0.717, 1.165) is 0 Å². The fraction of sp³-hybridized carbons (Fsp3) is 0.0833. The third kappa shape index (κ3) is 6.93. The molecule has 3 rings (SSSR count). The summed E-state index contributed by atoms with van der Waals surface area (Å²) in [4.78, 5) is 39.7. The van der Waals surface area contributed by atoms with Crippen LogP contribution in [0.4, 0.5) is 11.5 Å². The monoisotopic (exact) mass is 446 g/mol. The lowest BCUT2D eigenvalue weighted by Crippen LogP contribution is -2.20. The van der Waals surface area contributed by atoms with Gasteiger partial charge in [0.1, 0.15) is 5.82 Å². The Morgan fingerprint density at radius 2 is 1.85 bits per heavy atom. The van der Waals surface area contributed by atoms with Gasteiger partial charge in [-0.15, -0.1) is 0 Å². The molecule has 0 unspecified atom stereocenters. The van der Waals surface area contributed by atoms with Crippen LogP contribution in [0.2, 0.25) is 0 Å². The fourth-order valence-corrected chi connectivity index (χ4v) is 2.78. The Hall–Kier alpha value is -4.66. The number of primary amides is 1. The van der Waals surface area contributed by atoms with Gasteiger partial charge in [-0.3, -0.25) is 14.4 Å². The molecule has 0 saturated heterocycles. The van der Waals surface area contributed by atoms with E-state index in [4.69, 9.17) is 15.2 Å². The highest BCUT2D eigenvalue weighted by Crippen LogP contribution is 2.28. The first-order valence-corrected chi connectivity index (χ1v) is 9.85. The molecule has 1 heterocycles. The predicted molar refractivity (Wildman–Crippen MR) is 124 cm³/mol. The molecule has 168 valence electrons. The fourth-order valence-electron chi connectivity index (χ4n) is 2.78. The molecule has 2 aromatic carbocycles. The number of hydrogen-bond acceptors (Lipinski definition) is 6. The minimum absolute atomic E-state index is 0.271. The van der Waals surface area contributed by atoms with Gasteiger partial charge in [0, 0.05) is 23.5 Å². The van der Waals surface area contributed by atoms with Crippen LogP contribution in [0.3, 0.4) is 0 Å². The number of methoxy groups -OCH3 is 1. The van der Waals surface area contributed by atoms with Gasteiger partial charge in [0.2, 0.25) is 5.91 Å². The van der Waals surface area contributed by atoms with Gasteiger partial charge in [-0.2, -0.15) is 0 Å². The van der Waals surface area contributed by atoms with E-state index in [1.54, 1.807) is 72.9 Å². The van der Waals surface area contributed by atoms with Crippen LogP contribution < -0.4 is 25.8 Å². The number of ether oxygens (including phenoxy) is 2. The third-order valence-electron chi connectivity index (χ3n) is 4.28. The van der Waals surface area contributed by atoms with Crippen molar-refractivity contribution in [3.8, 4) is 11.5 Å². The van der Waals surface area contributed by atoms with Crippen molar-refractivity contribution in [1.82, 2.24) is 4.98 Å². The van der Waals surface area contributed by atoms with Crippen LogP contribution in [0.15, 0.2) is 72.9 Å². The summed E-state index contributed by atoms with van der Waals surface area (Å²) in [5.41, 5.74) is 6.60. The number of pyridine rings is 1. The van der Waals surface area contributed by atoms with E-state index >= 15 is 0 Å². The Kier molecular flexibility index (Phi) is 7.74. The number of rotatable bonds is 9. The molecule has 0 bridgehead atoms. The van der Waals surface area contributed by atoms with Crippen molar-refractivity contribution in [2.45, 2.75) is 0 Å². The predicted octanol–water partition coefficient (Wildman–Crippen LogP) is 2.86. The molecule has 3 aromatic rings. The summed E-state index contributed by atoms with van der Waals surface area (Å²) >= 11 is 0. The largest absolute Gasteiger partial charge is 0.493 e. The summed E-state index contributed by atoms with van der Waals surface area (Å²) in [6, 6.07) is 16.7. The molecule has 0 spiro atoms. The van der Waals surface area contributed by atoms with Crippen molar-refractivity contribution in [3.63, 3.8) is 0 Å². The summed E-state index contributed by atoms with van der Waals surface area (Å²) in [6.07, 6.45) is 4.52. The molecule has 3 amide bonds. The summed E-state index contributed by atoms with van der Waals surface area (Å²) in [7, 11) is 1.46. The highest BCUT2D eigenvalue weighted by atomic mass is 16.5. The number of nitrogens with one attached hydrogen (secondary N) is 2. The number of carbonyl (C=O) groups is 3. The lowest BCUT2D eigenvalue weighted by molar-refractivity contribution is -0.120. The lowest BCUT2D eigenvalue weighted by Gasteiger charge is -2.10. The average Bonchev–Trinajstić information content (AvgIpc) is 2.82. The van der Waals surface area contributed by atoms with Crippen LogP contribution in [0.25, 0.3) is 6.08 Å². The number of aromatic nitrogens is 1. The van der Waals surface area contributed by atoms with E-state index in [2.05, 4.69) is 15.6 Å². The Bertz CT molecular complexity index is 1180. The maximum absolute atomic E-state index is 12.4. The van der Waals surface area contributed by atoms with Crippen LogP contribution in [0, 0.1) is 0 Å². The van der Waals surface area contributed by atoms with Crippen molar-refractivity contribution in [1.29, 1.82) is 0 Å². The second-order valence-electron chi connectivity index (χ2n) is 6.74. The average molecular weight is 446 g/mol. The first-order valence-electron chi connectivity index (χ1n) is 9.85. The minimum Gasteiger partial charge on any atom is -0.493 e. The SMILES string of the molecule is COc1cc(/C=C/C(=O)Nc2cccc(C(=O)Nc3ccccn3)c2)ccc1OCC(N)=O. The zero-order chi connectivity index (χ0) is 23.6. The number of nitrogens with two attached hydrogens (primary N) is 1. The smallest absolute Gasteiger partial charge is 0.256 e. The molecule has 33 heavy (non-hydrogen) atoms. The summed E-state index contributed by atoms with van der Waals surface area (Å²) < 4.78 is 10.5. The van der Waals surface area contributed by atoms with Crippen LogP contribution in [0.5, 0.6) is 11.5 Å². The number of hydrogen-bond donors (Lipinski definition) is 3. The molecule has 0 radical (unpaired) electrons. The van der Waals surface area contributed by atoms with Crippen molar-refractivity contribution < 1.29 is 23.9 Å². The molecular weight excluding hydrogens is 424 g/mol. The Morgan fingerprint density at radius 1 is 1.00 bits per heavy atom. The molecule has 9 heteroatoms. The third-order valence-corrected chi connectivity index (χ3v) is 4.28.